The lowest BCUT2D eigenvalue weighted by molar-refractivity contribution is -0.271. The van der Waals surface area contributed by atoms with Crippen LogP contribution in [0.5, 0.6) is 0 Å². The predicted molar refractivity (Wildman–Crippen MR) is 80.8 cm³/mol. The molecule has 2 aromatic rings. The molecule has 0 aliphatic heterocycles. The van der Waals surface area contributed by atoms with Crippen LogP contribution in [0.3, 0.4) is 0 Å². The summed E-state index contributed by atoms with van der Waals surface area (Å²) in [6, 6.07) is 8.33. The van der Waals surface area contributed by atoms with Crippen LogP contribution in [0.25, 0.3) is 0 Å². The van der Waals surface area contributed by atoms with Crippen LogP contribution in [0, 0.1) is 0 Å². The first-order valence-corrected chi connectivity index (χ1v) is 7.26. The number of aromatic nitrogens is 2. The highest BCUT2D eigenvalue weighted by atomic mass is 19.4. The molecular formula is C16H18F3N3O2. The second kappa shape index (κ2) is 6.64. The highest BCUT2D eigenvalue weighted by molar-refractivity contribution is 5.77. The van der Waals surface area contributed by atoms with E-state index in [1.54, 1.807) is 37.3 Å². The average molecular weight is 341 g/mol. The number of nitrogens with one attached hydrogen (secondary N) is 1. The van der Waals surface area contributed by atoms with Gasteiger partial charge in [0, 0.05) is 19.4 Å². The standard InChI is InChI=1S/C16H18F3N3O2/c1-11(12-6-4-3-5-7-12)21-13(23)10-15(24,16(17,18)19)14-20-8-9-22(14)2/h3-9,11,24H,10H2,1-2H3,(H,21,23)/t11-,15+/m0/s1. The van der Waals surface area contributed by atoms with E-state index in [-0.39, 0.29) is 0 Å². The molecular weight excluding hydrogens is 323 g/mol. The van der Waals surface area contributed by atoms with E-state index in [4.69, 9.17) is 0 Å². The molecule has 2 N–H and O–H groups in total. The zero-order valence-electron chi connectivity index (χ0n) is 13.2. The van der Waals surface area contributed by atoms with Crippen molar-refractivity contribution in [3.8, 4) is 0 Å². The minimum Gasteiger partial charge on any atom is -0.374 e. The van der Waals surface area contributed by atoms with Gasteiger partial charge in [-0.1, -0.05) is 30.3 Å². The molecule has 1 heterocycles. The number of halogens is 3. The monoisotopic (exact) mass is 341 g/mol. The van der Waals surface area contributed by atoms with Crippen LogP contribution < -0.4 is 5.32 Å². The van der Waals surface area contributed by atoms with Gasteiger partial charge in [-0.2, -0.15) is 13.2 Å². The van der Waals surface area contributed by atoms with Crippen molar-refractivity contribution in [1.29, 1.82) is 0 Å². The van der Waals surface area contributed by atoms with Crippen LogP contribution in [0.15, 0.2) is 42.7 Å². The highest BCUT2D eigenvalue weighted by Gasteiger charge is 2.58. The Morgan fingerprint density at radius 3 is 2.46 bits per heavy atom. The molecule has 8 heteroatoms. The maximum absolute atomic E-state index is 13.4. The molecule has 0 fully saturated rings. The van der Waals surface area contributed by atoms with Gasteiger partial charge in [0.25, 0.3) is 0 Å². The van der Waals surface area contributed by atoms with E-state index < -0.39 is 36.0 Å². The fourth-order valence-electron chi connectivity index (χ4n) is 2.42. The number of nitrogens with zero attached hydrogens (tertiary/aromatic N) is 2. The van der Waals surface area contributed by atoms with Crippen molar-refractivity contribution >= 4 is 5.91 Å². The van der Waals surface area contributed by atoms with E-state index in [2.05, 4.69) is 10.3 Å². The molecule has 0 unspecified atom stereocenters. The number of alkyl halides is 3. The molecule has 0 aliphatic carbocycles. The van der Waals surface area contributed by atoms with Gasteiger partial charge in [-0.25, -0.2) is 4.98 Å². The lowest BCUT2D eigenvalue weighted by Gasteiger charge is -2.29. The molecule has 0 saturated carbocycles. The smallest absolute Gasteiger partial charge is 0.374 e. The topological polar surface area (TPSA) is 67.2 Å². The quantitative estimate of drug-likeness (QED) is 0.878. The summed E-state index contributed by atoms with van der Waals surface area (Å²) in [5, 5.41) is 12.6. The molecule has 1 aromatic carbocycles. The van der Waals surface area contributed by atoms with E-state index >= 15 is 0 Å². The summed E-state index contributed by atoms with van der Waals surface area (Å²) in [6.07, 6.45) is -3.80. The summed E-state index contributed by atoms with van der Waals surface area (Å²) in [5.41, 5.74) is -2.61. The van der Waals surface area contributed by atoms with Gasteiger partial charge in [0.1, 0.15) is 0 Å². The second-order valence-electron chi connectivity index (χ2n) is 5.60. The fraction of sp³-hybridized carbons (Fsp3) is 0.375. The van der Waals surface area contributed by atoms with Crippen molar-refractivity contribution in [2.75, 3.05) is 0 Å². The van der Waals surface area contributed by atoms with Crippen molar-refractivity contribution in [2.24, 2.45) is 7.05 Å². The third kappa shape index (κ3) is 3.59. The Kier molecular flexibility index (Phi) is 4.98. The number of imidazole rings is 1. The molecule has 0 aliphatic rings. The molecule has 0 radical (unpaired) electrons. The SMILES string of the molecule is C[C@H](NC(=O)C[C@@](O)(c1nccn1C)C(F)(F)F)c1ccccc1. The van der Waals surface area contributed by atoms with Gasteiger partial charge >= 0.3 is 6.18 Å². The average Bonchev–Trinajstić information content (AvgIpc) is 2.93. The first-order valence-electron chi connectivity index (χ1n) is 7.26. The summed E-state index contributed by atoms with van der Waals surface area (Å²) in [6.45, 7) is 1.65. The first-order chi connectivity index (χ1) is 11.1. The van der Waals surface area contributed by atoms with Gasteiger partial charge in [0.15, 0.2) is 5.82 Å². The summed E-state index contributed by atoms with van der Waals surface area (Å²) < 4.78 is 41.2. The fourth-order valence-corrected chi connectivity index (χ4v) is 2.42. The Morgan fingerprint density at radius 1 is 1.33 bits per heavy atom. The lowest BCUT2D eigenvalue weighted by atomic mass is 9.96. The summed E-state index contributed by atoms with van der Waals surface area (Å²) in [4.78, 5) is 15.6. The molecule has 0 bridgehead atoms. The summed E-state index contributed by atoms with van der Waals surface area (Å²) in [7, 11) is 1.32. The van der Waals surface area contributed by atoms with E-state index in [9.17, 15) is 23.1 Å². The molecule has 2 rings (SSSR count). The molecule has 130 valence electrons. The van der Waals surface area contributed by atoms with Crippen LogP contribution in [0.1, 0.15) is 30.8 Å². The van der Waals surface area contributed by atoms with Gasteiger partial charge in [0.2, 0.25) is 11.5 Å². The molecule has 0 saturated heterocycles. The second-order valence-corrected chi connectivity index (χ2v) is 5.60. The molecule has 1 aromatic heterocycles. The van der Waals surface area contributed by atoms with E-state index in [0.29, 0.717) is 0 Å². The van der Waals surface area contributed by atoms with Gasteiger partial charge in [-0.3, -0.25) is 4.79 Å². The Bertz CT molecular complexity index is 700. The van der Waals surface area contributed by atoms with Gasteiger partial charge < -0.3 is 15.0 Å². The van der Waals surface area contributed by atoms with Crippen LogP contribution in [0.2, 0.25) is 0 Å². The van der Waals surface area contributed by atoms with Crippen molar-refractivity contribution in [2.45, 2.75) is 31.2 Å². The Hall–Kier alpha value is -2.35. The molecule has 1 amide bonds. The Morgan fingerprint density at radius 2 is 1.96 bits per heavy atom. The largest absolute Gasteiger partial charge is 0.425 e. The van der Waals surface area contributed by atoms with Crippen LogP contribution in [-0.2, 0) is 17.4 Å². The number of hydrogen-bond donors (Lipinski definition) is 2. The minimum atomic E-state index is -5.04. The molecule has 2 atom stereocenters. The maximum Gasteiger partial charge on any atom is 0.425 e. The first kappa shape index (κ1) is 18.0. The maximum atomic E-state index is 13.4. The normalized spacial score (nSPS) is 15.6. The number of aryl methyl sites for hydroxylation is 1. The van der Waals surface area contributed by atoms with Crippen molar-refractivity contribution < 1.29 is 23.1 Å². The highest BCUT2D eigenvalue weighted by Crippen LogP contribution is 2.40. The van der Waals surface area contributed by atoms with E-state index in [1.807, 2.05) is 0 Å². The van der Waals surface area contributed by atoms with Gasteiger partial charge in [-0.05, 0) is 12.5 Å². The third-order valence-electron chi connectivity index (χ3n) is 3.75. The Balaban J connectivity index is 2.19. The predicted octanol–water partition coefficient (Wildman–Crippen LogP) is 2.44. The minimum absolute atomic E-state index is 0.488. The summed E-state index contributed by atoms with van der Waals surface area (Å²) in [5.74, 6) is -1.55. The lowest BCUT2D eigenvalue weighted by Crippen LogP contribution is -2.48. The van der Waals surface area contributed by atoms with Crippen molar-refractivity contribution in [1.82, 2.24) is 14.9 Å². The van der Waals surface area contributed by atoms with E-state index in [1.165, 1.54) is 13.2 Å². The van der Waals surface area contributed by atoms with Crippen molar-refractivity contribution in [3.05, 3.63) is 54.1 Å². The van der Waals surface area contributed by atoms with Crippen molar-refractivity contribution in [3.63, 3.8) is 0 Å². The van der Waals surface area contributed by atoms with Gasteiger partial charge in [-0.15, -0.1) is 0 Å². The van der Waals surface area contributed by atoms with Crippen LogP contribution in [0.4, 0.5) is 13.2 Å². The van der Waals surface area contributed by atoms with Crippen LogP contribution in [-0.4, -0.2) is 26.7 Å². The molecule has 5 nitrogen and oxygen atoms in total. The zero-order chi connectivity index (χ0) is 18.0. The number of amides is 1. The number of aliphatic hydroxyl groups is 1. The molecule has 24 heavy (non-hydrogen) atoms. The number of carbonyl (C=O) groups is 1. The number of rotatable bonds is 5. The van der Waals surface area contributed by atoms with E-state index in [0.717, 1.165) is 16.3 Å². The van der Waals surface area contributed by atoms with Crippen LogP contribution >= 0.6 is 0 Å². The Labute approximate surface area is 137 Å². The summed E-state index contributed by atoms with van der Waals surface area (Å²) >= 11 is 0. The number of carbonyl (C=O) groups excluding carboxylic acids is 1. The third-order valence-corrected chi connectivity index (χ3v) is 3.75. The number of benzene rings is 1. The number of hydrogen-bond acceptors (Lipinski definition) is 3. The molecule has 0 spiro atoms. The van der Waals surface area contributed by atoms with Gasteiger partial charge in [0.05, 0.1) is 12.5 Å². The zero-order valence-corrected chi connectivity index (χ0v) is 13.2.